The lowest BCUT2D eigenvalue weighted by Crippen LogP contribution is -2.30. The molecule has 1 fully saturated rings. The lowest BCUT2D eigenvalue weighted by atomic mass is 10.2. The van der Waals surface area contributed by atoms with E-state index in [1.165, 1.54) is 16.7 Å². The van der Waals surface area contributed by atoms with E-state index >= 15 is 0 Å². The van der Waals surface area contributed by atoms with E-state index in [1.54, 1.807) is 31.3 Å². The van der Waals surface area contributed by atoms with Gasteiger partial charge < -0.3 is 5.32 Å². The molecule has 0 radical (unpaired) electrons. The molecule has 1 heterocycles. The fourth-order valence-electron chi connectivity index (χ4n) is 2.70. The van der Waals surface area contributed by atoms with Gasteiger partial charge in [-0.2, -0.15) is 0 Å². The number of thioether (sulfide) groups is 1. The normalized spacial score (nSPS) is 18.0. The molecule has 0 spiro atoms. The molecule has 0 saturated carbocycles. The third-order valence-electron chi connectivity index (χ3n) is 4.37. The summed E-state index contributed by atoms with van der Waals surface area (Å²) in [4.78, 5) is 31.1. The van der Waals surface area contributed by atoms with Gasteiger partial charge in [0.05, 0.1) is 5.69 Å². The van der Waals surface area contributed by atoms with Crippen molar-refractivity contribution in [3.8, 4) is 0 Å². The number of anilines is 1. The van der Waals surface area contributed by atoms with Gasteiger partial charge in [-0.1, -0.05) is 47.1 Å². The molecule has 0 unspecified atom stereocenters. The first-order valence-corrected chi connectivity index (χ1v) is 10.2. The van der Waals surface area contributed by atoms with E-state index in [4.69, 9.17) is 23.2 Å². The summed E-state index contributed by atoms with van der Waals surface area (Å²) in [7, 11) is 1.66. The van der Waals surface area contributed by atoms with Gasteiger partial charge in [0.2, 0.25) is 11.8 Å². The highest BCUT2D eigenvalue weighted by atomic mass is 35.5. The van der Waals surface area contributed by atoms with Crippen LogP contribution in [-0.4, -0.2) is 34.2 Å². The highest BCUT2D eigenvalue weighted by Crippen LogP contribution is 2.32. The van der Waals surface area contributed by atoms with Gasteiger partial charge in [-0.3, -0.25) is 14.5 Å². The molecule has 1 N–H and O–H groups in total. The summed E-state index contributed by atoms with van der Waals surface area (Å²) >= 11 is 13.3. The van der Waals surface area contributed by atoms with Crippen LogP contribution in [0.3, 0.4) is 0 Å². The van der Waals surface area contributed by atoms with Crippen LogP contribution in [0, 0.1) is 13.8 Å². The van der Waals surface area contributed by atoms with Crippen molar-refractivity contribution in [2.75, 3.05) is 12.4 Å². The van der Waals surface area contributed by atoms with Gasteiger partial charge in [0, 0.05) is 29.2 Å². The van der Waals surface area contributed by atoms with Crippen LogP contribution in [0.2, 0.25) is 10.0 Å². The number of benzene rings is 2. The SMILES string of the molecule is Cc1ccc(Cl)cc1N=C1S[C@H](CC(=O)Nc2cc(Cl)ccc2C)C(=O)N1C. The van der Waals surface area contributed by atoms with E-state index in [2.05, 4.69) is 10.3 Å². The van der Waals surface area contributed by atoms with Crippen LogP contribution in [0.15, 0.2) is 41.4 Å². The summed E-state index contributed by atoms with van der Waals surface area (Å²) < 4.78 is 0. The number of hydrogen-bond donors (Lipinski definition) is 1. The fraction of sp³-hybridized carbons (Fsp3) is 0.250. The Kier molecular flexibility index (Phi) is 6.33. The molecule has 1 saturated heterocycles. The molecule has 1 aliphatic rings. The maximum absolute atomic E-state index is 12.6. The van der Waals surface area contributed by atoms with Crippen molar-refractivity contribution in [2.24, 2.45) is 4.99 Å². The Morgan fingerprint density at radius 2 is 1.79 bits per heavy atom. The van der Waals surface area contributed by atoms with Gasteiger partial charge in [0.25, 0.3) is 0 Å². The Bertz CT molecular complexity index is 978. The van der Waals surface area contributed by atoms with Crippen molar-refractivity contribution >= 4 is 63.3 Å². The maximum atomic E-state index is 12.6. The van der Waals surface area contributed by atoms with Crippen molar-refractivity contribution in [1.82, 2.24) is 4.90 Å². The first-order chi connectivity index (χ1) is 13.2. The molecule has 1 atom stereocenters. The molecule has 146 valence electrons. The number of carbonyl (C=O) groups excluding carboxylic acids is 2. The molecule has 2 amide bonds. The minimum absolute atomic E-state index is 0.0489. The molecule has 8 heteroatoms. The van der Waals surface area contributed by atoms with Crippen molar-refractivity contribution in [3.05, 3.63) is 57.6 Å². The standard InChI is InChI=1S/C20H19Cl2N3O2S/c1-11-4-6-13(21)8-15(11)23-18(26)10-17-19(27)25(3)20(28-17)24-16-9-14(22)7-5-12(16)2/h4-9,17H,10H2,1-3H3,(H,23,26)/t17-/m1/s1. The molecule has 1 aliphatic heterocycles. The van der Waals surface area contributed by atoms with Gasteiger partial charge in [-0.05, 0) is 49.2 Å². The van der Waals surface area contributed by atoms with E-state index in [-0.39, 0.29) is 18.2 Å². The van der Waals surface area contributed by atoms with Crippen molar-refractivity contribution in [2.45, 2.75) is 25.5 Å². The van der Waals surface area contributed by atoms with Gasteiger partial charge in [-0.25, -0.2) is 4.99 Å². The molecule has 2 aromatic carbocycles. The summed E-state index contributed by atoms with van der Waals surface area (Å²) in [6.07, 6.45) is 0.0489. The van der Waals surface area contributed by atoms with E-state index in [9.17, 15) is 9.59 Å². The lowest BCUT2D eigenvalue weighted by molar-refractivity contribution is -0.127. The summed E-state index contributed by atoms with van der Waals surface area (Å²) in [5, 5.41) is 3.97. The topological polar surface area (TPSA) is 61.8 Å². The first-order valence-electron chi connectivity index (χ1n) is 8.59. The summed E-state index contributed by atoms with van der Waals surface area (Å²) in [6, 6.07) is 10.7. The van der Waals surface area contributed by atoms with Gasteiger partial charge in [0.1, 0.15) is 5.25 Å². The zero-order valence-electron chi connectivity index (χ0n) is 15.6. The molecule has 2 aromatic rings. The van der Waals surface area contributed by atoms with E-state index in [0.29, 0.717) is 26.6 Å². The van der Waals surface area contributed by atoms with Crippen molar-refractivity contribution in [1.29, 1.82) is 0 Å². The average molecular weight is 436 g/mol. The number of rotatable bonds is 4. The zero-order chi connectivity index (χ0) is 20.4. The first kappa shape index (κ1) is 20.7. The minimum Gasteiger partial charge on any atom is -0.326 e. The van der Waals surface area contributed by atoms with Crippen molar-refractivity contribution < 1.29 is 9.59 Å². The molecule has 0 aromatic heterocycles. The molecule has 0 aliphatic carbocycles. The molecule has 28 heavy (non-hydrogen) atoms. The monoisotopic (exact) mass is 435 g/mol. The number of nitrogens with one attached hydrogen (secondary N) is 1. The number of amidine groups is 1. The smallest absolute Gasteiger partial charge is 0.242 e. The summed E-state index contributed by atoms with van der Waals surface area (Å²) in [5.41, 5.74) is 3.20. The Hall–Kier alpha value is -2.02. The van der Waals surface area contributed by atoms with E-state index < -0.39 is 5.25 Å². The lowest BCUT2D eigenvalue weighted by Gasteiger charge is -2.11. The number of nitrogens with zero attached hydrogens (tertiary/aromatic N) is 2. The third kappa shape index (κ3) is 4.69. The highest BCUT2D eigenvalue weighted by Gasteiger charge is 2.37. The molecule has 3 rings (SSSR count). The minimum atomic E-state index is -0.525. The number of halogens is 2. The second-order valence-corrected chi connectivity index (χ2v) is 8.58. The Labute approximate surface area is 178 Å². The van der Waals surface area contributed by atoms with Crippen molar-refractivity contribution in [3.63, 3.8) is 0 Å². The second-order valence-electron chi connectivity index (χ2n) is 6.54. The summed E-state index contributed by atoms with van der Waals surface area (Å²) in [5.74, 6) is -0.397. The largest absolute Gasteiger partial charge is 0.326 e. The predicted octanol–water partition coefficient (Wildman–Crippen LogP) is 5.20. The number of carbonyl (C=O) groups is 2. The zero-order valence-corrected chi connectivity index (χ0v) is 18.0. The highest BCUT2D eigenvalue weighted by molar-refractivity contribution is 8.15. The Balaban J connectivity index is 1.73. The summed E-state index contributed by atoms with van der Waals surface area (Å²) in [6.45, 7) is 3.81. The van der Waals surface area contributed by atoms with Crippen LogP contribution >= 0.6 is 35.0 Å². The molecular formula is C20H19Cl2N3O2S. The van der Waals surface area contributed by atoms with E-state index in [0.717, 1.165) is 11.1 Å². The average Bonchev–Trinajstić information content (AvgIpc) is 2.89. The fourth-order valence-corrected chi connectivity index (χ4v) is 4.19. The number of hydrogen-bond acceptors (Lipinski definition) is 4. The van der Waals surface area contributed by atoms with Crippen LogP contribution in [0.1, 0.15) is 17.5 Å². The second kappa shape index (κ2) is 8.55. The quantitative estimate of drug-likeness (QED) is 0.717. The van der Waals surface area contributed by atoms with Crippen LogP contribution in [-0.2, 0) is 9.59 Å². The van der Waals surface area contributed by atoms with Crippen LogP contribution in [0.4, 0.5) is 11.4 Å². The number of amides is 2. The molecule has 0 bridgehead atoms. The van der Waals surface area contributed by atoms with Gasteiger partial charge in [0.15, 0.2) is 5.17 Å². The predicted molar refractivity (Wildman–Crippen MR) is 117 cm³/mol. The Morgan fingerprint density at radius 3 is 2.50 bits per heavy atom. The molecular weight excluding hydrogens is 417 g/mol. The van der Waals surface area contributed by atoms with Crippen LogP contribution in [0.25, 0.3) is 0 Å². The van der Waals surface area contributed by atoms with Crippen LogP contribution < -0.4 is 5.32 Å². The maximum Gasteiger partial charge on any atom is 0.242 e. The van der Waals surface area contributed by atoms with Gasteiger partial charge >= 0.3 is 0 Å². The molecule has 5 nitrogen and oxygen atoms in total. The number of aliphatic imine (C=N–C) groups is 1. The van der Waals surface area contributed by atoms with E-state index in [1.807, 2.05) is 26.0 Å². The Morgan fingerprint density at radius 1 is 1.14 bits per heavy atom. The number of aryl methyl sites for hydroxylation is 2. The van der Waals surface area contributed by atoms with Crippen LogP contribution in [0.5, 0.6) is 0 Å². The third-order valence-corrected chi connectivity index (χ3v) is 6.07. The van der Waals surface area contributed by atoms with Gasteiger partial charge in [-0.15, -0.1) is 0 Å².